The van der Waals surface area contributed by atoms with Crippen LogP contribution < -0.4 is 20.0 Å². The summed E-state index contributed by atoms with van der Waals surface area (Å²) in [4.78, 5) is 35.0. The van der Waals surface area contributed by atoms with Crippen molar-refractivity contribution in [1.29, 1.82) is 0 Å². The van der Waals surface area contributed by atoms with Gasteiger partial charge in [-0.05, 0) is 29.8 Å². The molecule has 1 saturated heterocycles. The maximum atomic E-state index is 13.0. The number of aliphatic carboxylic acids is 1. The van der Waals surface area contributed by atoms with Gasteiger partial charge in [-0.3, -0.25) is 9.59 Å². The molecule has 2 aromatic carbocycles. The van der Waals surface area contributed by atoms with Crippen molar-refractivity contribution in [1.82, 2.24) is 0 Å². The number of esters is 1. The number of hydrogen-bond acceptors (Lipinski definition) is 12. The van der Waals surface area contributed by atoms with Crippen LogP contribution in [0.3, 0.4) is 0 Å². The molecule has 1 fully saturated rings. The van der Waals surface area contributed by atoms with Crippen molar-refractivity contribution in [2.45, 2.75) is 37.1 Å². The maximum Gasteiger partial charge on any atom is 0.311 e. The zero-order valence-corrected chi connectivity index (χ0v) is 19.4. The minimum absolute atomic E-state index is 0.105. The molecular formula is C25H23O12-. The Bertz CT molecular complexity index is 1330. The van der Waals surface area contributed by atoms with Gasteiger partial charge in [-0.25, -0.2) is 0 Å². The number of carbonyl (C=O) groups is 2. The lowest BCUT2D eigenvalue weighted by Crippen LogP contribution is -2.60. The second-order valence-corrected chi connectivity index (χ2v) is 8.23. The van der Waals surface area contributed by atoms with Gasteiger partial charge < -0.3 is 48.6 Å². The summed E-state index contributed by atoms with van der Waals surface area (Å²) in [6, 6.07) is 11.2. The first kappa shape index (κ1) is 26.1. The molecule has 1 aromatic heterocycles. The maximum absolute atomic E-state index is 13.0. The molecule has 3 aromatic rings. The molecule has 0 amide bonds. The van der Waals surface area contributed by atoms with E-state index < -0.39 is 55.7 Å². The van der Waals surface area contributed by atoms with Gasteiger partial charge in [-0.15, -0.1) is 0 Å². The molecule has 0 aliphatic carbocycles. The molecule has 0 unspecified atom stereocenters. The van der Waals surface area contributed by atoms with Gasteiger partial charge in [0.15, 0.2) is 5.43 Å². The van der Waals surface area contributed by atoms with E-state index in [1.807, 2.05) is 0 Å². The quantitative estimate of drug-likeness (QED) is 0.254. The third kappa shape index (κ3) is 5.73. The lowest BCUT2D eigenvalue weighted by Gasteiger charge is -2.39. The summed E-state index contributed by atoms with van der Waals surface area (Å²) in [6.45, 7) is -0.613. The van der Waals surface area contributed by atoms with Crippen molar-refractivity contribution in [3.63, 3.8) is 0 Å². The standard InChI is InChI=1S/C25H24O12/c1-33-13-4-2-12(3-5-13)16-10-34-17-8-14(6-7-15(17)21(16)29)36-25-24(32)23(31)22(30)18(37-25)11-35-20(28)9-19(26)27/h2-8,10,18,22-25,30-32H,9,11H2,1H3,(H,26,27)/p-1/t18-,22-,23+,24-,25-/m1/s1. The van der Waals surface area contributed by atoms with Crippen molar-refractivity contribution >= 4 is 22.9 Å². The van der Waals surface area contributed by atoms with E-state index in [9.17, 15) is 34.8 Å². The number of rotatable bonds is 8. The first-order valence-electron chi connectivity index (χ1n) is 11.1. The van der Waals surface area contributed by atoms with Gasteiger partial charge in [-0.1, -0.05) is 12.1 Å². The lowest BCUT2D eigenvalue weighted by atomic mass is 9.99. The van der Waals surface area contributed by atoms with Crippen LogP contribution in [0.1, 0.15) is 6.42 Å². The molecule has 4 rings (SSSR count). The molecule has 12 nitrogen and oxygen atoms in total. The molecule has 0 spiro atoms. The van der Waals surface area contributed by atoms with Crippen LogP contribution in [0.5, 0.6) is 11.5 Å². The van der Waals surface area contributed by atoms with Gasteiger partial charge in [-0.2, -0.15) is 0 Å². The van der Waals surface area contributed by atoms with E-state index in [-0.39, 0.29) is 22.1 Å². The normalized spacial score (nSPS) is 23.4. The van der Waals surface area contributed by atoms with E-state index >= 15 is 0 Å². The Morgan fingerprint density at radius 2 is 1.70 bits per heavy atom. The number of aliphatic hydroxyl groups is 3. The highest BCUT2D eigenvalue weighted by molar-refractivity contribution is 5.89. The van der Waals surface area contributed by atoms with Crippen molar-refractivity contribution < 1.29 is 53.4 Å². The summed E-state index contributed by atoms with van der Waals surface area (Å²) in [6.07, 6.45) is -7.61. The van der Waals surface area contributed by atoms with E-state index in [0.29, 0.717) is 16.9 Å². The average Bonchev–Trinajstić information content (AvgIpc) is 2.88. The molecule has 1 aliphatic heterocycles. The third-order valence-electron chi connectivity index (χ3n) is 5.77. The predicted octanol–water partition coefficient (Wildman–Crippen LogP) is -0.662. The number of carboxylic acids is 1. The Hall–Kier alpha value is -3.97. The molecule has 1 aliphatic rings. The van der Waals surface area contributed by atoms with Gasteiger partial charge in [0, 0.05) is 6.07 Å². The molecule has 0 bridgehead atoms. The number of methoxy groups -OCH3 is 1. The SMILES string of the molecule is COc1ccc(-c2coc3cc(O[C@@H]4O[C@H](COC(=O)CC(=O)[O-])[C@@H](O)[C@H](O)[C@H]4O)ccc3c2=O)cc1. The van der Waals surface area contributed by atoms with Gasteiger partial charge in [0.1, 0.15) is 54.4 Å². The fraction of sp³-hybridized carbons (Fsp3) is 0.320. The first-order chi connectivity index (χ1) is 17.7. The number of aliphatic hydroxyl groups excluding tert-OH is 3. The van der Waals surface area contributed by atoms with Crippen LogP contribution in [0.4, 0.5) is 0 Å². The van der Waals surface area contributed by atoms with Crippen LogP contribution in [0.15, 0.2) is 57.9 Å². The smallest absolute Gasteiger partial charge is 0.311 e. The molecule has 3 N–H and O–H groups in total. The third-order valence-corrected chi connectivity index (χ3v) is 5.77. The number of benzene rings is 2. The first-order valence-corrected chi connectivity index (χ1v) is 11.1. The number of fused-ring (bicyclic) bond motifs is 1. The second kappa shape index (κ2) is 11.0. The summed E-state index contributed by atoms with van der Waals surface area (Å²) in [5.74, 6) is -2.04. The van der Waals surface area contributed by atoms with Crippen LogP contribution in [-0.2, 0) is 19.1 Å². The Morgan fingerprint density at radius 3 is 2.38 bits per heavy atom. The van der Waals surface area contributed by atoms with Crippen molar-refractivity contribution in [3.05, 3.63) is 59.0 Å². The summed E-state index contributed by atoms with van der Waals surface area (Å²) >= 11 is 0. The van der Waals surface area contributed by atoms with E-state index in [1.165, 1.54) is 31.6 Å². The van der Waals surface area contributed by atoms with Gasteiger partial charge in [0.25, 0.3) is 0 Å². The number of ether oxygens (including phenoxy) is 4. The topological polar surface area (TPSA) is 185 Å². The number of carbonyl (C=O) groups excluding carboxylic acids is 2. The van der Waals surface area contributed by atoms with Crippen molar-refractivity contribution in [3.8, 4) is 22.6 Å². The molecule has 12 heteroatoms. The highest BCUT2D eigenvalue weighted by Crippen LogP contribution is 2.28. The largest absolute Gasteiger partial charge is 0.550 e. The summed E-state index contributed by atoms with van der Waals surface area (Å²) in [5.41, 5.74) is 0.861. The zero-order valence-electron chi connectivity index (χ0n) is 19.4. The molecule has 0 saturated carbocycles. The molecular weight excluding hydrogens is 492 g/mol. The highest BCUT2D eigenvalue weighted by atomic mass is 16.7. The van der Waals surface area contributed by atoms with Crippen molar-refractivity contribution in [2.75, 3.05) is 13.7 Å². The Morgan fingerprint density at radius 1 is 1.00 bits per heavy atom. The van der Waals surface area contributed by atoms with Gasteiger partial charge in [0.05, 0.1) is 30.4 Å². The van der Waals surface area contributed by atoms with E-state index in [1.54, 1.807) is 24.3 Å². The van der Waals surface area contributed by atoms with E-state index in [2.05, 4.69) is 0 Å². The minimum Gasteiger partial charge on any atom is -0.550 e. The van der Waals surface area contributed by atoms with Crippen LogP contribution in [0.2, 0.25) is 0 Å². The van der Waals surface area contributed by atoms with Gasteiger partial charge >= 0.3 is 5.97 Å². The molecule has 2 heterocycles. The highest BCUT2D eigenvalue weighted by Gasteiger charge is 2.45. The molecule has 37 heavy (non-hydrogen) atoms. The lowest BCUT2D eigenvalue weighted by molar-refractivity contribution is -0.305. The molecule has 0 radical (unpaired) electrons. The second-order valence-electron chi connectivity index (χ2n) is 8.23. The minimum atomic E-state index is -1.73. The monoisotopic (exact) mass is 515 g/mol. The summed E-state index contributed by atoms with van der Waals surface area (Å²) in [7, 11) is 1.54. The fourth-order valence-electron chi connectivity index (χ4n) is 3.78. The van der Waals surface area contributed by atoms with Crippen LogP contribution in [0.25, 0.3) is 22.1 Å². The van der Waals surface area contributed by atoms with Crippen LogP contribution in [-0.4, -0.2) is 71.7 Å². The Labute approximate surface area is 209 Å². The summed E-state index contributed by atoms with van der Waals surface area (Å²) < 4.78 is 26.5. The van der Waals surface area contributed by atoms with Crippen molar-refractivity contribution in [2.24, 2.45) is 0 Å². The molecule has 5 atom stereocenters. The Balaban J connectivity index is 1.51. The van der Waals surface area contributed by atoms with Gasteiger partial charge in [0.2, 0.25) is 6.29 Å². The zero-order chi connectivity index (χ0) is 26.7. The van der Waals surface area contributed by atoms with Crippen LogP contribution >= 0.6 is 0 Å². The number of carboxylic acid groups (broad SMARTS) is 1. The molecule has 196 valence electrons. The van der Waals surface area contributed by atoms with E-state index in [0.717, 1.165) is 0 Å². The average molecular weight is 515 g/mol. The van der Waals surface area contributed by atoms with Crippen LogP contribution in [0, 0.1) is 0 Å². The summed E-state index contributed by atoms with van der Waals surface area (Å²) in [5, 5.41) is 41.4. The van der Waals surface area contributed by atoms with E-state index in [4.69, 9.17) is 23.4 Å². The number of hydrogen-bond donors (Lipinski definition) is 3. The Kier molecular flexibility index (Phi) is 7.74. The fourth-order valence-corrected chi connectivity index (χ4v) is 3.78. The predicted molar refractivity (Wildman–Crippen MR) is 122 cm³/mol.